The highest BCUT2D eigenvalue weighted by atomic mass is 32.2. The van der Waals surface area contributed by atoms with Gasteiger partial charge in [-0.05, 0) is 13.3 Å². The largest absolute Gasteiger partial charge is 0.340 e. The molecule has 82 valence electrons. The van der Waals surface area contributed by atoms with Gasteiger partial charge in [0.05, 0.1) is 0 Å². The molecule has 5 heteroatoms. The van der Waals surface area contributed by atoms with Crippen LogP contribution in [0.1, 0.15) is 20.3 Å². The molecule has 0 aromatic rings. The van der Waals surface area contributed by atoms with Gasteiger partial charge in [-0.2, -0.15) is 11.8 Å². The van der Waals surface area contributed by atoms with E-state index in [2.05, 4.69) is 22.2 Å². The lowest BCUT2D eigenvalue weighted by molar-refractivity contribution is 0.408. The summed E-state index contributed by atoms with van der Waals surface area (Å²) >= 11 is 2.05. The molecule has 0 radical (unpaired) electrons. The summed E-state index contributed by atoms with van der Waals surface area (Å²) in [5.74, 6) is 7.46. The van der Waals surface area contributed by atoms with Crippen LogP contribution in [0.5, 0.6) is 0 Å². The highest BCUT2D eigenvalue weighted by Crippen LogP contribution is 2.20. The van der Waals surface area contributed by atoms with Crippen molar-refractivity contribution < 1.29 is 0 Å². The van der Waals surface area contributed by atoms with Crippen LogP contribution in [0.3, 0.4) is 0 Å². The topological polar surface area (TPSA) is 53.6 Å². The molecule has 0 spiro atoms. The number of nitrogens with one attached hydrogen (secondary N) is 1. The SMILES string of the molecule is CCN=C(NN)N1CCSC(CC)C1. The fourth-order valence-corrected chi connectivity index (χ4v) is 2.73. The Hall–Kier alpha value is -0.420. The highest BCUT2D eigenvalue weighted by Gasteiger charge is 2.20. The number of thioether (sulfide) groups is 1. The average molecular weight is 216 g/mol. The number of rotatable bonds is 2. The smallest absolute Gasteiger partial charge is 0.208 e. The molecule has 1 atom stereocenters. The zero-order valence-electron chi connectivity index (χ0n) is 8.99. The summed E-state index contributed by atoms with van der Waals surface area (Å²) in [6.45, 7) is 7.13. The maximum atomic E-state index is 5.45. The Morgan fingerprint density at radius 3 is 3.00 bits per heavy atom. The third-order valence-corrected chi connectivity index (χ3v) is 3.70. The molecule has 1 saturated heterocycles. The lowest BCUT2D eigenvalue weighted by atomic mass is 10.3. The highest BCUT2D eigenvalue weighted by molar-refractivity contribution is 8.00. The lowest BCUT2D eigenvalue weighted by Gasteiger charge is -2.33. The Morgan fingerprint density at radius 1 is 1.64 bits per heavy atom. The zero-order valence-corrected chi connectivity index (χ0v) is 9.81. The van der Waals surface area contributed by atoms with Crippen LogP contribution in [0.2, 0.25) is 0 Å². The second-order valence-electron chi connectivity index (χ2n) is 3.29. The predicted octanol–water partition coefficient (Wildman–Crippen LogP) is 0.653. The Bertz CT molecular complexity index is 195. The van der Waals surface area contributed by atoms with Gasteiger partial charge in [0.25, 0.3) is 0 Å². The average Bonchev–Trinajstić information content (AvgIpc) is 2.26. The summed E-state index contributed by atoms with van der Waals surface area (Å²) in [6, 6.07) is 0. The zero-order chi connectivity index (χ0) is 10.4. The van der Waals surface area contributed by atoms with Gasteiger partial charge in [0.1, 0.15) is 0 Å². The van der Waals surface area contributed by atoms with Crippen molar-refractivity contribution in [2.45, 2.75) is 25.5 Å². The Balaban J connectivity index is 2.53. The van der Waals surface area contributed by atoms with Crippen molar-refractivity contribution in [2.24, 2.45) is 10.8 Å². The second kappa shape index (κ2) is 6.14. The Labute approximate surface area is 90.3 Å². The fraction of sp³-hybridized carbons (Fsp3) is 0.889. The normalized spacial score (nSPS) is 23.8. The summed E-state index contributed by atoms with van der Waals surface area (Å²) < 4.78 is 0. The first-order valence-corrected chi connectivity index (χ1v) is 6.24. The van der Waals surface area contributed by atoms with Crippen LogP contribution < -0.4 is 11.3 Å². The van der Waals surface area contributed by atoms with Gasteiger partial charge >= 0.3 is 0 Å². The molecule has 1 aliphatic rings. The third-order valence-electron chi connectivity index (χ3n) is 2.33. The van der Waals surface area contributed by atoms with Crippen LogP contribution in [0.4, 0.5) is 0 Å². The number of hydrogen-bond donors (Lipinski definition) is 2. The van der Waals surface area contributed by atoms with Gasteiger partial charge in [0.15, 0.2) is 0 Å². The molecule has 1 unspecified atom stereocenters. The fourth-order valence-electron chi connectivity index (χ4n) is 1.55. The molecule has 3 N–H and O–H groups in total. The number of guanidine groups is 1. The molecular weight excluding hydrogens is 196 g/mol. The minimum atomic E-state index is 0.721. The van der Waals surface area contributed by atoms with Crippen LogP contribution in [0, 0.1) is 0 Å². The number of aliphatic imine (C=N–C) groups is 1. The van der Waals surface area contributed by atoms with Crippen molar-refractivity contribution in [3.05, 3.63) is 0 Å². The summed E-state index contributed by atoms with van der Waals surface area (Å²) in [6.07, 6.45) is 1.21. The third kappa shape index (κ3) is 3.06. The van der Waals surface area contributed by atoms with Crippen molar-refractivity contribution in [1.29, 1.82) is 0 Å². The second-order valence-corrected chi connectivity index (χ2v) is 4.70. The first-order valence-electron chi connectivity index (χ1n) is 5.19. The van der Waals surface area contributed by atoms with E-state index in [0.717, 1.165) is 30.8 Å². The molecule has 0 aliphatic carbocycles. The van der Waals surface area contributed by atoms with Gasteiger partial charge in [0, 0.05) is 30.6 Å². The Kier molecular flexibility index (Phi) is 5.11. The quantitative estimate of drug-likeness (QED) is 0.308. The van der Waals surface area contributed by atoms with Crippen molar-refractivity contribution in [3.8, 4) is 0 Å². The van der Waals surface area contributed by atoms with E-state index in [1.54, 1.807) is 0 Å². The molecule has 0 amide bonds. The molecule has 0 bridgehead atoms. The van der Waals surface area contributed by atoms with E-state index < -0.39 is 0 Å². The molecular formula is C9H20N4S. The van der Waals surface area contributed by atoms with Gasteiger partial charge in [-0.25, -0.2) is 5.84 Å². The molecule has 1 aliphatic heterocycles. The summed E-state index contributed by atoms with van der Waals surface area (Å²) in [4.78, 5) is 6.58. The number of nitrogens with zero attached hydrogens (tertiary/aromatic N) is 2. The van der Waals surface area contributed by atoms with E-state index in [0.29, 0.717) is 0 Å². The van der Waals surface area contributed by atoms with Crippen LogP contribution in [-0.2, 0) is 0 Å². The monoisotopic (exact) mass is 216 g/mol. The van der Waals surface area contributed by atoms with E-state index in [-0.39, 0.29) is 0 Å². The molecule has 0 aromatic heterocycles. The molecule has 1 rings (SSSR count). The lowest BCUT2D eigenvalue weighted by Crippen LogP contribution is -2.50. The van der Waals surface area contributed by atoms with E-state index in [1.807, 2.05) is 18.7 Å². The van der Waals surface area contributed by atoms with Crippen LogP contribution in [0.15, 0.2) is 4.99 Å². The van der Waals surface area contributed by atoms with E-state index >= 15 is 0 Å². The molecule has 1 fully saturated rings. The van der Waals surface area contributed by atoms with E-state index in [1.165, 1.54) is 12.2 Å². The number of nitrogens with two attached hydrogens (primary N) is 1. The van der Waals surface area contributed by atoms with Crippen molar-refractivity contribution in [2.75, 3.05) is 25.4 Å². The summed E-state index contributed by atoms with van der Waals surface area (Å²) in [5, 5.41) is 0.721. The van der Waals surface area contributed by atoms with Crippen molar-refractivity contribution in [1.82, 2.24) is 10.3 Å². The summed E-state index contributed by atoms with van der Waals surface area (Å²) in [5.41, 5.74) is 2.68. The molecule has 0 aromatic carbocycles. The van der Waals surface area contributed by atoms with Crippen LogP contribution in [0.25, 0.3) is 0 Å². The maximum absolute atomic E-state index is 5.45. The number of hydrazine groups is 1. The Morgan fingerprint density at radius 2 is 2.43 bits per heavy atom. The predicted molar refractivity (Wildman–Crippen MR) is 63.4 cm³/mol. The van der Waals surface area contributed by atoms with Gasteiger partial charge < -0.3 is 4.90 Å². The number of hydrogen-bond acceptors (Lipinski definition) is 3. The van der Waals surface area contributed by atoms with Crippen LogP contribution in [-0.4, -0.2) is 41.5 Å². The maximum Gasteiger partial charge on any atom is 0.208 e. The van der Waals surface area contributed by atoms with Gasteiger partial charge in [0.2, 0.25) is 5.96 Å². The van der Waals surface area contributed by atoms with Crippen LogP contribution >= 0.6 is 11.8 Å². The van der Waals surface area contributed by atoms with Gasteiger partial charge in [-0.1, -0.05) is 6.92 Å². The molecule has 0 saturated carbocycles. The van der Waals surface area contributed by atoms with E-state index in [9.17, 15) is 0 Å². The molecule has 4 nitrogen and oxygen atoms in total. The van der Waals surface area contributed by atoms with Gasteiger partial charge in [-0.3, -0.25) is 10.4 Å². The minimum Gasteiger partial charge on any atom is -0.340 e. The molecule has 14 heavy (non-hydrogen) atoms. The standard InChI is InChI=1S/C9H20N4S/c1-3-8-7-13(5-6-14-8)9(12-10)11-4-2/h8H,3-7,10H2,1-2H3,(H,11,12). The summed E-state index contributed by atoms with van der Waals surface area (Å²) in [7, 11) is 0. The molecule has 1 heterocycles. The first kappa shape index (κ1) is 11.7. The van der Waals surface area contributed by atoms with Crippen molar-refractivity contribution >= 4 is 17.7 Å². The van der Waals surface area contributed by atoms with E-state index in [4.69, 9.17) is 5.84 Å². The van der Waals surface area contributed by atoms with Crippen molar-refractivity contribution in [3.63, 3.8) is 0 Å². The van der Waals surface area contributed by atoms with Gasteiger partial charge in [-0.15, -0.1) is 0 Å². The first-order chi connectivity index (χ1) is 6.81. The minimum absolute atomic E-state index is 0.721.